The second-order valence-electron chi connectivity index (χ2n) is 0.854. The van der Waals surface area contributed by atoms with E-state index in [1.54, 1.807) is 0 Å². The first kappa shape index (κ1) is 16.0. The molecule has 0 unspecified atom stereocenters. The van der Waals surface area contributed by atoms with Gasteiger partial charge in [-0.3, -0.25) is 0 Å². The second-order valence-corrected chi connectivity index (χ2v) is 0.854. The molecule has 0 aromatic heterocycles. The van der Waals surface area contributed by atoms with Crippen LogP contribution in [-0.2, 0) is 0 Å². The maximum atomic E-state index is 3.60. The third kappa shape index (κ3) is 23.3. The number of hydrogen-bond donors (Lipinski definition) is 0. The van der Waals surface area contributed by atoms with E-state index < -0.39 is 0 Å². The van der Waals surface area contributed by atoms with Crippen LogP contribution in [0.3, 0.4) is 0 Å². The van der Waals surface area contributed by atoms with E-state index in [1.807, 2.05) is 0 Å². The quantitative estimate of drug-likeness (QED) is 0.281. The molecule has 0 aliphatic carbocycles. The topological polar surface area (TPSA) is 0 Å². The van der Waals surface area contributed by atoms with Gasteiger partial charge in [0.15, 0.2) is 0 Å². The first-order valence-corrected chi connectivity index (χ1v) is 1.71. The predicted octanol–water partition coefficient (Wildman–Crippen LogP) is -0.925. The van der Waals surface area contributed by atoms with Crippen molar-refractivity contribution >= 4 is 0 Å². The van der Waals surface area contributed by atoms with Crippen molar-refractivity contribution in [2.75, 3.05) is 0 Å². The molecule has 0 saturated heterocycles. The molecule has 0 bridgehead atoms. The summed E-state index contributed by atoms with van der Waals surface area (Å²) in [6.07, 6.45) is 2.28. The van der Waals surface area contributed by atoms with Gasteiger partial charge in [-0.05, 0) is 0 Å². The van der Waals surface area contributed by atoms with Crippen LogP contribution in [0.2, 0.25) is 0 Å². The van der Waals surface area contributed by atoms with Crippen molar-refractivity contribution in [3.63, 3.8) is 0 Å². The average Bonchev–Trinajstić information content (AvgIpc) is 1.37. The summed E-state index contributed by atoms with van der Waals surface area (Å²) >= 11 is 0. The Kier molecular flexibility index (Phi) is 46.7. The van der Waals surface area contributed by atoms with Gasteiger partial charge in [0, 0.05) is 0 Å². The molecule has 34 valence electrons. The first-order chi connectivity index (χ1) is 1.91. The molecule has 0 atom stereocenters. The second kappa shape index (κ2) is 17.5. The molecule has 0 N–H and O–H groups in total. The third-order valence-electron chi connectivity index (χ3n) is 0.354. The number of rotatable bonds is 1. The van der Waals surface area contributed by atoms with Crippen LogP contribution >= 0.6 is 0 Å². The fourth-order valence-corrected chi connectivity index (χ4v) is 0. The summed E-state index contributed by atoms with van der Waals surface area (Å²) in [6, 6.07) is 0. The van der Waals surface area contributed by atoms with E-state index >= 15 is 0 Å². The minimum Gasteiger partial charge on any atom is -0.358 e. The monoisotopic (exact) mass is 79.1 g/mol. The van der Waals surface area contributed by atoms with Crippen molar-refractivity contribution in [3.05, 3.63) is 14.4 Å². The van der Waals surface area contributed by atoms with Crippen LogP contribution < -0.4 is 18.9 Å². The number of unbranched alkanes of at least 4 members (excludes halogenated alkanes) is 1. The molecule has 0 fully saturated rings. The summed E-state index contributed by atoms with van der Waals surface area (Å²) in [4.78, 5) is 0. The van der Waals surface area contributed by atoms with Crippen LogP contribution in [0.15, 0.2) is 0 Å². The first-order valence-electron chi connectivity index (χ1n) is 1.71. The van der Waals surface area contributed by atoms with Crippen LogP contribution in [0.5, 0.6) is 0 Å². The van der Waals surface area contributed by atoms with Gasteiger partial charge >= 0.3 is 18.9 Å². The van der Waals surface area contributed by atoms with Gasteiger partial charge in [-0.2, -0.15) is 6.42 Å². The molecule has 0 heterocycles. The van der Waals surface area contributed by atoms with Crippen molar-refractivity contribution in [2.45, 2.75) is 19.8 Å². The van der Waals surface area contributed by atoms with Crippen molar-refractivity contribution in [2.24, 2.45) is 0 Å². The smallest absolute Gasteiger partial charge is 0.358 e. The molecule has 0 nitrogen and oxygen atoms in total. The van der Waals surface area contributed by atoms with Crippen LogP contribution in [0, 0.1) is 14.4 Å². The van der Waals surface area contributed by atoms with E-state index in [1.165, 1.54) is 6.42 Å². The maximum Gasteiger partial charge on any atom is 1.00 e. The predicted molar refractivity (Wildman–Crippen MR) is 26.7 cm³/mol. The van der Waals surface area contributed by atoms with Gasteiger partial charge in [-0.1, -0.05) is 13.3 Å². The summed E-state index contributed by atoms with van der Waals surface area (Å²) in [5.74, 6) is 0. The molecule has 0 aromatic carbocycles. The molecule has 0 saturated carbocycles. The molecule has 0 radical (unpaired) electrons. The Morgan fingerprint density at radius 3 is 1.67 bits per heavy atom. The van der Waals surface area contributed by atoms with E-state index in [9.17, 15) is 0 Å². The average molecular weight is 79.1 g/mol. The van der Waals surface area contributed by atoms with Crippen LogP contribution in [-0.4, -0.2) is 0 Å². The van der Waals surface area contributed by atoms with Crippen LogP contribution in [0.4, 0.5) is 0 Å². The van der Waals surface area contributed by atoms with Gasteiger partial charge in [-0.15, -0.1) is 0 Å². The Balaban J connectivity index is -0.0000000450. The molecule has 1 heteroatoms. The van der Waals surface area contributed by atoms with Gasteiger partial charge in [0.05, 0.1) is 0 Å². The van der Waals surface area contributed by atoms with Gasteiger partial charge in [0.2, 0.25) is 0 Å². The summed E-state index contributed by atoms with van der Waals surface area (Å²) in [5, 5.41) is 0. The minimum atomic E-state index is 0. The van der Waals surface area contributed by atoms with E-state index in [0.29, 0.717) is 0 Å². The molecule has 0 aliphatic heterocycles. The normalized spacial score (nSPS) is 5.00. The standard InChI is InChI=1S/C4H9.CH3.Li/c1-3-4-2;;/h1,3-4H2,2H3;1H3;/q2*-1;+1. The zero-order chi connectivity index (χ0) is 3.41. The zero-order valence-electron chi connectivity index (χ0n) is 5.12. The minimum absolute atomic E-state index is 0. The molecular formula is C5H12Li-. The zero-order valence-corrected chi connectivity index (χ0v) is 5.12. The fraction of sp³-hybridized carbons (Fsp3) is 0.600. The van der Waals surface area contributed by atoms with Crippen LogP contribution in [0.1, 0.15) is 19.8 Å². The molecule has 0 amide bonds. The molecule has 0 spiro atoms. The van der Waals surface area contributed by atoms with Crippen molar-refractivity contribution in [1.82, 2.24) is 0 Å². The van der Waals surface area contributed by atoms with E-state index in [2.05, 4.69) is 13.8 Å². The van der Waals surface area contributed by atoms with Crippen LogP contribution in [0.25, 0.3) is 0 Å². The summed E-state index contributed by atoms with van der Waals surface area (Å²) in [6.45, 7) is 5.72. The summed E-state index contributed by atoms with van der Waals surface area (Å²) in [5.41, 5.74) is 0. The Labute approximate surface area is 53.5 Å². The maximum absolute atomic E-state index is 3.60. The molecular weight excluding hydrogens is 67.0 g/mol. The van der Waals surface area contributed by atoms with E-state index in [0.717, 1.165) is 6.42 Å². The molecule has 0 rings (SSSR count). The largest absolute Gasteiger partial charge is 1.00 e. The Bertz CT molecular complexity index is 5.90. The molecule has 0 aromatic rings. The van der Waals surface area contributed by atoms with E-state index in [-0.39, 0.29) is 26.3 Å². The third-order valence-corrected chi connectivity index (χ3v) is 0.354. The van der Waals surface area contributed by atoms with Gasteiger partial charge in [0.1, 0.15) is 0 Å². The summed E-state index contributed by atoms with van der Waals surface area (Å²) in [7, 11) is 0. The van der Waals surface area contributed by atoms with Gasteiger partial charge in [-0.25, -0.2) is 0 Å². The molecule has 0 aliphatic rings. The van der Waals surface area contributed by atoms with Crippen molar-refractivity contribution in [3.8, 4) is 0 Å². The molecule has 6 heavy (non-hydrogen) atoms. The summed E-state index contributed by atoms with van der Waals surface area (Å²) < 4.78 is 0. The van der Waals surface area contributed by atoms with E-state index in [4.69, 9.17) is 0 Å². The Morgan fingerprint density at radius 1 is 1.50 bits per heavy atom. The fourth-order valence-electron chi connectivity index (χ4n) is 0. The van der Waals surface area contributed by atoms with Crippen molar-refractivity contribution < 1.29 is 18.9 Å². The van der Waals surface area contributed by atoms with Gasteiger partial charge in [0.25, 0.3) is 0 Å². The van der Waals surface area contributed by atoms with Crippen molar-refractivity contribution in [1.29, 1.82) is 0 Å². The Hall–Kier alpha value is 0.597. The Morgan fingerprint density at radius 2 is 1.67 bits per heavy atom. The number of hydrogen-bond acceptors (Lipinski definition) is 0. The van der Waals surface area contributed by atoms with Gasteiger partial charge < -0.3 is 14.4 Å². The SMILES string of the molecule is [CH2-]CCC.[CH3-].[Li+].